The first-order valence-corrected chi connectivity index (χ1v) is 7.26. The van der Waals surface area contributed by atoms with E-state index in [0.29, 0.717) is 12.6 Å². The van der Waals surface area contributed by atoms with Crippen LogP contribution in [0.4, 0.5) is 0 Å². The van der Waals surface area contributed by atoms with Crippen LogP contribution in [0.25, 0.3) is 11.0 Å². The third-order valence-electron chi connectivity index (χ3n) is 3.97. The van der Waals surface area contributed by atoms with Gasteiger partial charge in [0, 0.05) is 37.2 Å². The average molecular weight is 274 g/mol. The summed E-state index contributed by atoms with van der Waals surface area (Å²) in [5.41, 5.74) is 8.02. The molecule has 0 saturated heterocycles. The number of benzene rings is 1. The maximum absolute atomic E-state index is 5.87. The number of nitrogens with two attached hydrogens (primary N) is 1. The number of rotatable bonds is 7. The van der Waals surface area contributed by atoms with Gasteiger partial charge in [-0.3, -0.25) is 4.90 Å². The summed E-state index contributed by atoms with van der Waals surface area (Å²) in [6.07, 6.45) is 2.58. The highest BCUT2D eigenvalue weighted by Crippen LogP contribution is 2.32. The molecule has 108 valence electrons. The van der Waals surface area contributed by atoms with Crippen LogP contribution in [0, 0.1) is 0 Å². The number of hydrogen-bond acceptors (Lipinski definition) is 4. The number of fused-ring (bicyclic) bond motifs is 1. The van der Waals surface area contributed by atoms with Crippen LogP contribution in [0.3, 0.4) is 0 Å². The van der Waals surface area contributed by atoms with Crippen LogP contribution in [0.2, 0.25) is 0 Å². The molecule has 3 rings (SSSR count). The van der Waals surface area contributed by atoms with E-state index in [2.05, 4.69) is 17.0 Å². The van der Waals surface area contributed by atoms with Gasteiger partial charge < -0.3 is 14.9 Å². The molecule has 0 unspecified atom stereocenters. The molecule has 0 bridgehead atoms. The van der Waals surface area contributed by atoms with Crippen LogP contribution in [0.1, 0.15) is 24.2 Å². The van der Waals surface area contributed by atoms with E-state index < -0.39 is 0 Å². The van der Waals surface area contributed by atoms with E-state index >= 15 is 0 Å². The van der Waals surface area contributed by atoms with Crippen molar-refractivity contribution in [1.29, 1.82) is 0 Å². The molecule has 2 N–H and O–H groups in total. The maximum Gasteiger partial charge on any atom is 0.134 e. The van der Waals surface area contributed by atoms with Gasteiger partial charge in [0.05, 0.1) is 13.2 Å². The van der Waals surface area contributed by atoms with Crippen LogP contribution in [-0.4, -0.2) is 31.2 Å². The number of nitrogens with zero attached hydrogens (tertiary/aromatic N) is 1. The minimum absolute atomic E-state index is 0.451. The zero-order valence-corrected chi connectivity index (χ0v) is 12.0. The second-order valence-electron chi connectivity index (χ2n) is 5.40. The SMILES string of the molecule is COCCN(Cc1c(CN)oc2ccccc12)C1CC1. The van der Waals surface area contributed by atoms with E-state index in [1.807, 2.05) is 12.1 Å². The Morgan fingerprint density at radius 3 is 2.85 bits per heavy atom. The predicted molar refractivity (Wildman–Crippen MR) is 79.4 cm³/mol. The van der Waals surface area contributed by atoms with Crippen LogP contribution < -0.4 is 5.73 Å². The van der Waals surface area contributed by atoms with Gasteiger partial charge in [-0.05, 0) is 18.9 Å². The third-order valence-corrected chi connectivity index (χ3v) is 3.97. The minimum Gasteiger partial charge on any atom is -0.459 e. The maximum atomic E-state index is 5.87. The van der Waals surface area contributed by atoms with Crippen LogP contribution in [0.5, 0.6) is 0 Å². The smallest absolute Gasteiger partial charge is 0.134 e. The normalized spacial score (nSPS) is 15.3. The Kier molecular flexibility index (Phi) is 4.05. The molecule has 0 aliphatic heterocycles. The van der Waals surface area contributed by atoms with Gasteiger partial charge in [-0.15, -0.1) is 0 Å². The van der Waals surface area contributed by atoms with Gasteiger partial charge in [-0.25, -0.2) is 0 Å². The van der Waals surface area contributed by atoms with E-state index in [1.54, 1.807) is 7.11 Å². The summed E-state index contributed by atoms with van der Waals surface area (Å²) in [5, 5.41) is 1.19. The monoisotopic (exact) mass is 274 g/mol. The topological polar surface area (TPSA) is 51.6 Å². The highest BCUT2D eigenvalue weighted by atomic mass is 16.5. The van der Waals surface area contributed by atoms with E-state index in [9.17, 15) is 0 Å². The van der Waals surface area contributed by atoms with E-state index in [0.717, 1.165) is 31.0 Å². The number of para-hydroxylation sites is 1. The Hall–Kier alpha value is -1.36. The molecule has 1 aliphatic carbocycles. The summed E-state index contributed by atoms with van der Waals surface area (Å²) < 4.78 is 11.1. The summed E-state index contributed by atoms with van der Waals surface area (Å²) in [5.74, 6) is 0.911. The first kappa shape index (κ1) is 13.6. The Morgan fingerprint density at radius 2 is 2.15 bits per heavy atom. The van der Waals surface area contributed by atoms with E-state index in [-0.39, 0.29) is 0 Å². The van der Waals surface area contributed by atoms with Gasteiger partial charge in [0.25, 0.3) is 0 Å². The van der Waals surface area contributed by atoms with Crippen molar-refractivity contribution in [2.24, 2.45) is 5.73 Å². The molecular weight excluding hydrogens is 252 g/mol. The van der Waals surface area contributed by atoms with Gasteiger partial charge in [0.2, 0.25) is 0 Å². The molecule has 0 atom stereocenters. The first-order chi connectivity index (χ1) is 9.83. The predicted octanol–water partition coefficient (Wildman–Crippen LogP) is 2.50. The number of ether oxygens (including phenoxy) is 1. The Bertz CT molecular complexity index is 575. The second-order valence-corrected chi connectivity index (χ2v) is 5.40. The summed E-state index contributed by atoms with van der Waals surface area (Å²) in [7, 11) is 1.75. The van der Waals surface area contributed by atoms with Crippen molar-refractivity contribution in [2.45, 2.75) is 32.0 Å². The summed E-state index contributed by atoms with van der Waals surface area (Å²) in [6, 6.07) is 8.88. The molecule has 1 aliphatic rings. The number of furan rings is 1. The van der Waals surface area contributed by atoms with E-state index in [1.165, 1.54) is 23.8 Å². The molecule has 1 fully saturated rings. The molecule has 1 aromatic heterocycles. The van der Waals surface area contributed by atoms with Crippen molar-refractivity contribution < 1.29 is 9.15 Å². The summed E-state index contributed by atoms with van der Waals surface area (Å²) >= 11 is 0. The molecule has 0 radical (unpaired) electrons. The van der Waals surface area contributed by atoms with Gasteiger partial charge >= 0.3 is 0 Å². The van der Waals surface area contributed by atoms with Crippen molar-refractivity contribution >= 4 is 11.0 Å². The van der Waals surface area contributed by atoms with Gasteiger partial charge in [0.1, 0.15) is 11.3 Å². The lowest BCUT2D eigenvalue weighted by molar-refractivity contribution is 0.139. The Balaban J connectivity index is 1.87. The standard InChI is InChI=1S/C16H22N2O2/c1-19-9-8-18(12-6-7-12)11-14-13-4-2-3-5-15(13)20-16(14)10-17/h2-5,12H,6-11,17H2,1H3. The first-order valence-electron chi connectivity index (χ1n) is 7.26. The van der Waals surface area contributed by atoms with Crippen LogP contribution in [0.15, 0.2) is 28.7 Å². The van der Waals surface area contributed by atoms with Crippen molar-refractivity contribution in [3.63, 3.8) is 0 Å². The molecular formula is C16H22N2O2. The van der Waals surface area contributed by atoms with Crippen molar-refractivity contribution in [3.8, 4) is 0 Å². The fraction of sp³-hybridized carbons (Fsp3) is 0.500. The second kappa shape index (κ2) is 5.95. The summed E-state index contributed by atoms with van der Waals surface area (Å²) in [6.45, 7) is 3.08. The lowest BCUT2D eigenvalue weighted by Gasteiger charge is -2.21. The average Bonchev–Trinajstić information content (AvgIpc) is 3.26. The molecule has 1 saturated carbocycles. The molecule has 20 heavy (non-hydrogen) atoms. The number of methoxy groups -OCH3 is 1. The lowest BCUT2D eigenvalue weighted by Crippen LogP contribution is -2.29. The molecule has 0 spiro atoms. The van der Waals surface area contributed by atoms with Crippen molar-refractivity contribution in [2.75, 3.05) is 20.3 Å². The molecule has 1 aromatic carbocycles. The van der Waals surface area contributed by atoms with Crippen LogP contribution in [-0.2, 0) is 17.8 Å². The zero-order valence-electron chi connectivity index (χ0n) is 12.0. The van der Waals surface area contributed by atoms with Crippen molar-refractivity contribution in [1.82, 2.24) is 4.90 Å². The Labute approximate surface area is 119 Å². The van der Waals surface area contributed by atoms with Crippen LogP contribution >= 0.6 is 0 Å². The summed E-state index contributed by atoms with van der Waals surface area (Å²) in [4.78, 5) is 2.49. The van der Waals surface area contributed by atoms with E-state index in [4.69, 9.17) is 14.9 Å². The van der Waals surface area contributed by atoms with Crippen molar-refractivity contribution in [3.05, 3.63) is 35.6 Å². The zero-order chi connectivity index (χ0) is 13.9. The van der Waals surface area contributed by atoms with Gasteiger partial charge in [0.15, 0.2) is 0 Å². The van der Waals surface area contributed by atoms with Gasteiger partial charge in [-0.1, -0.05) is 18.2 Å². The lowest BCUT2D eigenvalue weighted by atomic mass is 10.1. The quantitative estimate of drug-likeness (QED) is 0.843. The highest BCUT2D eigenvalue weighted by molar-refractivity contribution is 5.82. The van der Waals surface area contributed by atoms with Gasteiger partial charge in [-0.2, -0.15) is 0 Å². The Morgan fingerprint density at radius 1 is 1.35 bits per heavy atom. The third kappa shape index (κ3) is 2.73. The fourth-order valence-electron chi connectivity index (χ4n) is 2.73. The molecule has 0 amide bonds. The minimum atomic E-state index is 0.451. The highest BCUT2D eigenvalue weighted by Gasteiger charge is 2.30. The molecule has 1 heterocycles. The largest absolute Gasteiger partial charge is 0.459 e. The molecule has 2 aromatic rings. The molecule has 4 nitrogen and oxygen atoms in total. The molecule has 4 heteroatoms. The number of hydrogen-bond donors (Lipinski definition) is 1. The fourth-order valence-corrected chi connectivity index (χ4v) is 2.73.